The highest BCUT2D eigenvalue weighted by Gasteiger charge is 2.18. The van der Waals surface area contributed by atoms with Crippen LogP contribution < -0.4 is 5.32 Å². The number of hydrogen-bond donors (Lipinski definition) is 2. The number of ether oxygens (including phenoxy) is 1. The Labute approximate surface area is 116 Å². The van der Waals surface area contributed by atoms with E-state index in [1.54, 1.807) is 17.8 Å². The maximum absolute atomic E-state index is 12.0. The summed E-state index contributed by atoms with van der Waals surface area (Å²) >= 11 is 1.54. The van der Waals surface area contributed by atoms with Gasteiger partial charge in [0.1, 0.15) is 0 Å². The topological polar surface area (TPSA) is 75.6 Å². The predicted octanol–water partition coefficient (Wildman–Crippen LogP) is 1.55. The van der Waals surface area contributed by atoms with Gasteiger partial charge in [0.15, 0.2) is 6.10 Å². The van der Waals surface area contributed by atoms with Gasteiger partial charge in [-0.05, 0) is 30.9 Å². The maximum atomic E-state index is 12.0. The number of amides is 1. The van der Waals surface area contributed by atoms with Gasteiger partial charge in [-0.15, -0.1) is 11.8 Å². The van der Waals surface area contributed by atoms with Gasteiger partial charge < -0.3 is 15.2 Å². The van der Waals surface area contributed by atoms with Gasteiger partial charge in [-0.25, -0.2) is 4.79 Å². The van der Waals surface area contributed by atoms with Crippen LogP contribution in [0.4, 0.5) is 0 Å². The monoisotopic (exact) mass is 283 g/mol. The van der Waals surface area contributed by atoms with Gasteiger partial charge >= 0.3 is 5.97 Å². The van der Waals surface area contributed by atoms with Crippen molar-refractivity contribution in [3.05, 3.63) is 29.3 Å². The van der Waals surface area contributed by atoms with Gasteiger partial charge in [0.2, 0.25) is 0 Å². The van der Waals surface area contributed by atoms with Crippen molar-refractivity contribution in [2.24, 2.45) is 0 Å². The van der Waals surface area contributed by atoms with Crippen LogP contribution in [0.2, 0.25) is 0 Å². The molecule has 5 nitrogen and oxygen atoms in total. The molecule has 0 saturated carbocycles. The Kier molecular flexibility index (Phi) is 5.85. The minimum absolute atomic E-state index is 0.0619. The van der Waals surface area contributed by atoms with E-state index in [0.717, 1.165) is 10.5 Å². The molecule has 0 radical (unpaired) electrons. The molecule has 0 fully saturated rings. The van der Waals surface area contributed by atoms with Crippen molar-refractivity contribution in [2.75, 3.05) is 19.9 Å². The molecule has 104 valence electrons. The number of carbonyl (C=O) groups excluding carboxylic acids is 1. The Balaban J connectivity index is 2.75. The molecule has 6 heteroatoms. The number of aryl methyl sites for hydroxylation is 1. The molecule has 0 heterocycles. The molecule has 1 aromatic rings. The number of carboxylic acid groups (broad SMARTS) is 1. The van der Waals surface area contributed by atoms with E-state index in [1.807, 2.05) is 25.3 Å². The average Bonchev–Trinajstić information content (AvgIpc) is 2.39. The molecule has 1 aromatic carbocycles. The maximum Gasteiger partial charge on any atom is 0.334 e. The first-order chi connectivity index (χ1) is 8.99. The molecule has 0 bridgehead atoms. The van der Waals surface area contributed by atoms with Crippen LogP contribution in [0.25, 0.3) is 0 Å². The van der Waals surface area contributed by atoms with E-state index >= 15 is 0 Å². The fraction of sp³-hybridized carbons (Fsp3) is 0.385. The minimum Gasteiger partial charge on any atom is -0.479 e. The second kappa shape index (κ2) is 7.16. The molecule has 2 N–H and O–H groups in total. The molecule has 0 spiro atoms. The van der Waals surface area contributed by atoms with Gasteiger partial charge in [0.25, 0.3) is 5.91 Å². The Morgan fingerprint density at radius 1 is 1.47 bits per heavy atom. The van der Waals surface area contributed by atoms with Crippen LogP contribution in [0.15, 0.2) is 23.1 Å². The van der Waals surface area contributed by atoms with Crippen molar-refractivity contribution >= 4 is 23.6 Å². The quantitative estimate of drug-likeness (QED) is 0.775. The van der Waals surface area contributed by atoms with Crippen molar-refractivity contribution in [1.82, 2.24) is 5.32 Å². The zero-order valence-corrected chi connectivity index (χ0v) is 11.9. The molecular weight excluding hydrogens is 266 g/mol. The fourth-order valence-corrected chi connectivity index (χ4v) is 1.96. The van der Waals surface area contributed by atoms with E-state index in [4.69, 9.17) is 9.84 Å². The van der Waals surface area contributed by atoms with Crippen LogP contribution in [0.3, 0.4) is 0 Å². The van der Waals surface area contributed by atoms with E-state index in [9.17, 15) is 9.59 Å². The molecule has 1 amide bonds. The minimum atomic E-state index is -1.10. The summed E-state index contributed by atoms with van der Waals surface area (Å²) in [7, 11) is 1.30. The highest BCUT2D eigenvalue weighted by molar-refractivity contribution is 7.98. The number of carbonyl (C=O) groups is 2. The third-order valence-corrected chi connectivity index (χ3v) is 3.42. The first-order valence-electron chi connectivity index (χ1n) is 5.68. The van der Waals surface area contributed by atoms with Crippen LogP contribution in [0, 0.1) is 6.92 Å². The first-order valence-corrected chi connectivity index (χ1v) is 6.90. The summed E-state index contributed by atoms with van der Waals surface area (Å²) in [5.41, 5.74) is 1.40. The number of hydrogen-bond acceptors (Lipinski definition) is 4. The molecule has 1 unspecified atom stereocenters. The number of rotatable bonds is 6. The van der Waals surface area contributed by atoms with Crippen LogP contribution in [-0.2, 0) is 9.53 Å². The average molecular weight is 283 g/mol. The standard InChI is InChI=1S/C13H17NO4S/c1-8-4-5-9(19-3)6-10(8)12(15)14-7-11(18-2)13(16)17/h4-6,11H,7H2,1-3H3,(H,14,15)(H,16,17). The lowest BCUT2D eigenvalue weighted by Crippen LogP contribution is -2.38. The van der Waals surface area contributed by atoms with Gasteiger partial charge in [0.05, 0.1) is 6.54 Å². The van der Waals surface area contributed by atoms with E-state index in [0.29, 0.717) is 5.56 Å². The van der Waals surface area contributed by atoms with Gasteiger partial charge in [0, 0.05) is 17.6 Å². The second-order valence-electron chi connectivity index (χ2n) is 3.95. The normalized spacial score (nSPS) is 11.9. The molecule has 19 heavy (non-hydrogen) atoms. The van der Waals surface area contributed by atoms with Crippen molar-refractivity contribution in [3.8, 4) is 0 Å². The molecule has 1 rings (SSSR count). The molecule has 1 atom stereocenters. The van der Waals surface area contributed by atoms with Crippen LogP contribution in [0.5, 0.6) is 0 Å². The molecule has 0 aliphatic rings. The van der Waals surface area contributed by atoms with Gasteiger partial charge in [-0.2, -0.15) is 0 Å². The van der Waals surface area contributed by atoms with Crippen molar-refractivity contribution in [1.29, 1.82) is 0 Å². The highest BCUT2D eigenvalue weighted by Crippen LogP contribution is 2.18. The molecule has 0 saturated heterocycles. The Morgan fingerprint density at radius 3 is 2.68 bits per heavy atom. The lowest BCUT2D eigenvalue weighted by molar-refractivity contribution is -0.148. The van der Waals surface area contributed by atoms with E-state index < -0.39 is 12.1 Å². The number of benzene rings is 1. The van der Waals surface area contributed by atoms with E-state index in [-0.39, 0.29) is 12.5 Å². The van der Waals surface area contributed by atoms with E-state index in [1.165, 1.54) is 7.11 Å². The number of aliphatic carboxylic acids is 1. The smallest absolute Gasteiger partial charge is 0.334 e. The number of thioether (sulfide) groups is 1. The summed E-state index contributed by atoms with van der Waals surface area (Å²) in [6.45, 7) is 1.78. The van der Waals surface area contributed by atoms with Crippen LogP contribution >= 0.6 is 11.8 Å². The number of carboxylic acids is 1. The van der Waals surface area contributed by atoms with Crippen molar-refractivity contribution < 1.29 is 19.4 Å². The number of methoxy groups -OCH3 is 1. The third kappa shape index (κ3) is 4.25. The van der Waals surface area contributed by atoms with Gasteiger partial charge in [-0.1, -0.05) is 6.07 Å². The Hall–Kier alpha value is -1.53. The molecular formula is C13H17NO4S. The lowest BCUT2D eigenvalue weighted by atomic mass is 10.1. The van der Waals surface area contributed by atoms with Crippen molar-refractivity contribution in [3.63, 3.8) is 0 Å². The SMILES string of the molecule is COC(CNC(=O)c1cc(SC)ccc1C)C(=O)O. The molecule has 0 aliphatic carbocycles. The zero-order valence-electron chi connectivity index (χ0n) is 11.1. The zero-order chi connectivity index (χ0) is 14.4. The summed E-state index contributed by atoms with van der Waals surface area (Å²) in [5, 5.41) is 11.4. The third-order valence-electron chi connectivity index (χ3n) is 2.70. The molecule has 0 aromatic heterocycles. The molecule has 0 aliphatic heterocycles. The van der Waals surface area contributed by atoms with Gasteiger partial charge in [-0.3, -0.25) is 4.79 Å². The first kappa shape index (κ1) is 15.5. The van der Waals surface area contributed by atoms with Crippen molar-refractivity contribution in [2.45, 2.75) is 17.9 Å². The predicted molar refractivity (Wildman–Crippen MR) is 73.7 cm³/mol. The largest absolute Gasteiger partial charge is 0.479 e. The summed E-state index contributed by atoms with van der Waals surface area (Å²) < 4.78 is 4.75. The summed E-state index contributed by atoms with van der Waals surface area (Å²) in [6.07, 6.45) is 0.894. The highest BCUT2D eigenvalue weighted by atomic mass is 32.2. The second-order valence-corrected chi connectivity index (χ2v) is 4.83. The summed E-state index contributed by atoms with van der Waals surface area (Å²) in [5.74, 6) is -1.39. The lowest BCUT2D eigenvalue weighted by Gasteiger charge is -2.13. The summed E-state index contributed by atoms with van der Waals surface area (Å²) in [4.78, 5) is 23.8. The summed E-state index contributed by atoms with van der Waals surface area (Å²) in [6, 6.07) is 5.59. The Bertz CT molecular complexity index is 476. The van der Waals surface area contributed by atoms with E-state index in [2.05, 4.69) is 5.32 Å². The van der Waals surface area contributed by atoms with Crippen LogP contribution in [0.1, 0.15) is 15.9 Å². The van der Waals surface area contributed by atoms with Crippen LogP contribution in [-0.4, -0.2) is 43.0 Å². The fourth-order valence-electron chi connectivity index (χ4n) is 1.52. The number of nitrogens with one attached hydrogen (secondary N) is 1. The Morgan fingerprint density at radius 2 is 2.16 bits per heavy atom.